The number of hydrogen-bond donors (Lipinski definition) is 1. The highest BCUT2D eigenvalue weighted by Gasteiger charge is 2.49. The van der Waals surface area contributed by atoms with Crippen molar-refractivity contribution in [3.8, 4) is 0 Å². The summed E-state index contributed by atoms with van der Waals surface area (Å²) in [6.07, 6.45) is 1.55. The van der Waals surface area contributed by atoms with Crippen LogP contribution in [0.1, 0.15) is 18.2 Å². The molecule has 3 rings (SSSR count). The molecule has 2 aromatic rings. The number of nitrogens with zero attached hydrogens (tertiary/aromatic N) is 3. The molecule has 1 unspecified atom stereocenters. The van der Waals surface area contributed by atoms with Crippen LogP contribution in [0.25, 0.3) is 0 Å². The molecule has 1 saturated heterocycles. The van der Waals surface area contributed by atoms with Crippen LogP contribution in [0.3, 0.4) is 0 Å². The summed E-state index contributed by atoms with van der Waals surface area (Å²) in [4.78, 5) is 40.3. The van der Waals surface area contributed by atoms with Gasteiger partial charge in [-0.3, -0.25) is 24.8 Å². The van der Waals surface area contributed by atoms with Gasteiger partial charge in [-0.1, -0.05) is 18.2 Å². The van der Waals surface area contributed by atoms with Crippen LogP contribution >= 0.6 is 0 Å². The highest BCUT2D eigenvalue weighted by atomic mass is 16.6. The number of pyridine rings is 1. The van der Waals surface area contributed by atoms with Gasteiger partial charge in [0.15, 0.2) is 5.54 Å². The molecule has 1 N–H and O–H groups in total. The van der Waals surface area contributed by atoms with Gasteiger partial charge in [-0.2, -0.15) is 0 Å². The topological polar surface area (TPSA) is 105 Å². The number of imide groups is 1. The van der Waals surface area contributed by atoms with Crippen LogP contribution in [0.5, 0.6) is 0 Å². The number of rotatable bonds is 4. The van der Waals surface area contributed by atoms with E-state index >= 15 is 0 Å². The first-order valence-electron chi connectivity index (χ1n) is 7.21. The fourth-order valence-corrected chi connectivity index (χ4v) is 2.58. The zero-order chi connectivity index (χ0) is 17.3. The van der Waals surface area contributed by atoms with Crippen molar-refractivity contribution in [2.24, 2.45) is 0 Å². The number of benzene rings is 1. The van der Waals surface area contributed by atoms with Gasteiger partial charge in [-0.05, 0) is 24.6 Å². The number of carbonyl (C=O) groups excluding carboxylic acids is 2. The van der Waals surface area contributed by atoms with Gasteiger partial charge < -0.3 is 5.32 Å². The third-order valence-electron chi connectivity index (χ3n) is 3.94. The fourth-order valence-electron chi connectivity index (χ4n) is 2.58. The Kier molecular flexibility index (Phi) is 3.72. The first-order valence-corrected chi connectivity index (χ1v) is 7.21. The number of carbonyl (C=O) groups is 2. The largest absolute Gasteiger partial charge is 0.325 e. The lowest BCUT2D eigenvalue weighted by atomic mass is 9.97. The van der Waals surface area contributed by atoms with E-state index in [4.69, 9.17) is 0 Å². The summed E-state index contributed by atoms with van der Waals surface area (Å²) in [5, 5.41) is 13.3. The number of nitro benzene ring substituents is 1. The lowest BCUT2D eigenvalue weighted by Crippen LogP contribution is -2.41. The Morgan fingerprint density at radius 2 is 1.92 bits per heavy atom. The molecule has 1 fully saturated rings. The second-order valence-electron chi connectivity index (χ2n) is 5.58. The Labute approximate surface area is 137 Å². The number of amides is 3. The summed E-state index contributed by atoms with van der Waals surface area (Å²) in [5.74, 6) is -0.412. The van der Waals surface area contributed by atoms with Crippen LogP contribution in [0.4, 0.5) is 10.5 Å². The van der Waals surface area contributed by atoms with E-state index in [0.29, 0.717) is 11.3 Å². The molecule has 122 valence electrons. The Morgan fingerprint density at radius 3 is 2.50 bits per heavy atom. The summed E-state index contributed by atoms with van der Waals surface area (Å²) in [7, 11) is 0. The monoisotopic (exact) mass is 326 g/mol. The molecule has 8 heteroatoms. The first kappa shape index (κ1) is 15.6. The van der Waals surface area contributed by atoms with Crippen molar-refractivity contribution in [3.63, 3.8) is 0 Å². The lowest BCUT2D eigenvalue weighted by Gasteiger charge is -2.20. The van der Waals surface area contributed by atoms with Crippen molar-refractivity contribution < 1.29 is 14.5 Å². The zero-order valence-electron chi connectivity index (χ0n) is 12.8. The van der Waals surface area contributed by atoms with E-state index in [1.807, 2.05) is 0 Å². The van der Waals surface area contributed by atoms with E-state index in [1.54, 1.807) is 31.3 Å². The van der Waals surface area contributed by atoms with Crippen molar-refractivity contribution in [3.05, 3.63) is 70.0 Å². The second kappa shape index (κ2) is 5.73. The van der Waals surface area contributed by atoms with Gasteiger partial charge in [-0.25, -0.2) is 4.79 Å². The molecule has 1 atom stereocenters. The Bertz CT molecular complexity index is 807. The van der Waals surface area contributed by atoms with Crippen molar-refractivity contribution >= 4 is 17.6 Å². The molecular formula is C16H14N4O4. The molecule has 1 aliphatic rings. The van der Waals surface area contributed by atoms with Crippen LogP contribution in [0.2, 0.25) is 0 Å². The van der Waals surface area contributed by atoms with Crippen LogP contribution in [-0.2, 0) is 16.9 Å². The number of aromatic nitrogens is 1. The molecule has 1 aliphatic heterocycles. The van der Waals surface area contributed by atoms with E-state index in [9.17, 15) is 19.7 Å². The predicted octanol–water partition coefficient (Wildman–Crippen LogP) is 1.96. The van der Waals surface area contributed by atoms with Crippen molar-refractivity contribution in [2.75, 3.05) is 0 Å². The Morgan fingerprint density at radius 1 is 1.21 bits per heavy atom. The maximum absolute atomic E-state index is 12.7. The molecule has 24 heavy (non-hydrogen) atoms. The molecular weight excluding hydrogens is 312 g/mol. The quantitative estimate of drug-likeness (QED) is 0.525. The maximum Gasteiger partial charge on any atom is 0.325 e. The molecule has 0 bridgehead atoms. The predicted molar refractivity (Wildman–Crippen MR) is 83.8 cm³/mol. The molecule has 1 aromatic carbocycles. The lowest BCUT2D eigenvalue weighted by molar-refractivity contribution is -0.384. The third-order valence-corrected chi connectivity index (χ3v) is 3.94. The molecule has 0 spiro atoms. The van der Waals surface area contributed by atoms with Gasteiger partial charge in [0.2, 0.25) is 0 Å². The fraction of sp³-hybridized carbons (Fsp3) is 0.188. The van der Waals surface area contributed by atoms with E-state index in [2.05, 4.69) is 10.3 Å². The normalized spacial score (nSPS) is 20.1. The Balaban J connectivity index is 1.83. The highest BCUT2D eigenvalue weighted by molar-refractivity contribution is 6.06. The van der Waals surface area contributed by atoms with E-state index in [1.165, 1.54) is 24.3 Å². The smallest absolute Gasteiger partial charge is 0.318 e. The number of urea groups is 1. The van der Waals surface area contributed by atoms with Gasteiger partial charge in [0.1, 0.15) is 0 Å². The number of nitro groups is 1. The maximum atomic E-state index is 12.7. The highest BCUT2D eigenvalue weighted by Crippen LogP contribution is 2.28. The number of nitrogens with one attached hydrogen (secondary N) is 1. The van der Waals surface area contributed by atoms with Gasteiger partial charge in [0.25, 0.3) is 11.6 Å². The summed E-state index contributed by atoms with van der Waals surface area (Å²) in [6.45, 7) is 1.64. The molecule has 0 radical (unpaired) electrons. The van der Waals surface area contributed by atoms with Gasteiger partial charge >= 0.3 is 6.03 Å². The van der Waals surface area contributed by atoms with Gasteiger partial charge in [0, 0.05) is 18.3 Å². The summed E-state index contributed by atoms with van der Waals surface area (Å²) in [6, 6.07) is 10.3. The van der Waals surface area contributed by atoms with Crippen molar-refractivity contribution in [1.29, 1.82) is 0 Å². The van der Waals surface area contributed by atoms with E-state index < -0.39 is 22.4 Å². The summed E-state index contributed by atoms with van der Waals surface area (Å²) in [5.41, 5.74) is -0.197. The van der Waals surface area contributed by atoms with Crippen LogP contribution in [0.15, 0.2) is 48.7 Å². The average molecular weight is 326 g/mol. The summed E-state index contributed by atoms with van der Waals surface area (Å²) >= 11 is 0. The number of hydrogen-bond acceptors (Lipinski definition) is 5. The molecule has 1 aromatic heterocycles. The first-order chi connectivity index (χ1) is 11.4. The van der Waals surface area contributed by atoms with Crippen LogP contribution < -0.4 is 5.32 Å². The molecule has 0 aliphatic carbocycles. The SMILES string of the molecule is CC1(c2ccccn2)NC(=O)N(Cc2ccc([N+](=O)[O-])cc2)C1=O. The van der Waals surface area contributed by atoms with E-state index in [-0.39, 0.29) is 12.2 Å². The minimum atomic E-state index is -1.22. The standard InChI is InChI=1S/C16H14N4O4/c1-16(13-4-2-3-9-17-13)14(21)19(15(22)18-16)10-11-5-7-12(8-6-11)20(23)24/h2-9H,10H2,1H3,(H,18,22). The van der Waals surface area contributed by atoms with Crippen LogP contribution in [0, 0.1) is 10.1 Å². The van der Waals surface area contributed by atoms with E-state index in [0.717, 1.165) is 4.90 Å². The average Bonchev–Trinajstić information content (AvgIpc) is 2.80. The van der Waals surface area contributed by atoms with Gasteiger partial charge in [0.05, 0.1) is 17.2 Å². The number of non-ortho nitro benzene ring substituents is 1. The van der Waals surface area contributed by atoms with Crippen LogP contribution in [-0.4, -0.2) is 26.7 Å². The second-order valence-corrected chi connectivity index (χ2v) is 5.58. The third kappa shape index (κ3) is 2.58. The van der Waals surface area contributed by atoms with Crippen molar-refractivity contribution in [2.45, 2.75) is 19.0 Å². The molecule has 2 heterocycles. The van der Waals surface area contributed by atoms with Crippen molar-refractivity contribution in [1.82, 2.24) is 15.2 Å². The minimum Gasteiger partial charge on any atom is -0.318 e. The van der Waals surface area contributed by atoms with Gasteiger partial charge in [-0.15, -0.1) is 0 Å². The summed E-state index contributed by atoms with van der Waals surface area (Å²) < 4.78 is 0. The Hall–Kier alpha value is -3.29. The molecule has 8 nitrogen and oxygen atoms in total. The molecule has 0 saturated carbocycles. The minimum absolute atomic E-state index is 0.0328. The molecule has 3 amide bonds. The zero-order valence-corrected chi connectivity index (χ0v) is 12.8.